The van der Waals surface area contributed by atoms with E-state index in [1.807, 2.05) is 4.90 Å². The summed E-state index contributed by atoms with van der Waals surface area (Å²) in [5, 5.41) is 0. The average molecular weight is 304 g/mol. The van der Waals surface area contributed by atoms with Crippen LogP contribution in [-0.2, 0) is 4.74 Å². The summed E-state index contributed by atoms with van der Waals surface area (Å²) in [6.07, 6.45) is 1.38. The Bertz CT molecular complexity index is 550. The van der Waals surface area contributed by atoms with E-state index in [0.717, 1.165) is 18.6 Å². The Morgan fingerprint density at radius 1 is 1.18 bits per heavy atom. The average Bonchev–Trinajstić information content (AvgIpc) is 3.00. The Hall–Kier alpha value is -2.24. The van der Waals surface area contributed by atoms with Crippen LogP contribution in [0.25, 0.3) is 0 Å². The van der Waals surface area contributed by atoms with Gasteiger partial charge in [-0.05, 0) is 37.1 Å². The fraction of sp³-hybridized carbons (Fsp3) is 0.500. The number of cyclic esters (lactones) is 1. The predicted octanol–water partition coefficient (Wildman–Crippen LogP) is 1.75. The van der Waals surface area contributed by atoms with Crippen molar-refractivity contribution < 1.29 is 19.1 Å². The maximum atomic E-state index is 12.5. The summed E-state index contributed by atoms with van der Waals surface area (Å²) in [6.45, 7) is 2.47. The number of hydrogen-bond donors (Lipinski definition) is 0. The third-order valence-electron chi connectivity index (χ3n) is 4.32. The van der Waals surface area contributed by atoms with Gasteiger partial charge < -0.3 is 19.3 Å². The van der Waals surface area contributed by atoms with Gasteiger partial charge in [0.2, 0.25) is 0 Å². The molecule has 0 aliphatic carbocycles. The van der Waals surface area contributed by atoms with Crippen molar-refractivity contribution in [2.24, 2.45) is 0 Å². The van der Waals surface area contributed by atoms with Crippen molar-refractivity contribution in [1.82, 2.24) is 9.80 Å². The Morgan fingerprint density at radius 2 is 1.86 bits per heavy atom. The predicted molar refractivity (Wildman–Crippen MR) is 80.0 cm³/mol. The van der Waals surface area contributed by atoms with Gasteiger partial charge in [-0.25, -0.2) is 4.79 Å². The second-order valence-corrected chi connectivity index (χ2v) is 5.56. The molecule has 2 amide bonds. The molecule has 22 heavy (non-hydrogen) atoms. The summed E-state index contributed by atoms with van der Waals surface area (Å²) in [4.78, 5) is 27.7. The number of hydrogen-bond acceptors (Lipinski definition) is 4. The van der Waals surface area contributed by atoms with Crippen molar-refractivity contribution in [1.29, 1.82) is 0 Å². The first-order valence-corrected chi connectivity index (χ1v) is 7.56. The van der Waals surface area contributed by atoms with Crippen LogP contribution in [0, 0.1) is 0 Å². The molecule has 0 saturated carbocycles. The van der Waals surface area contributed by atoms with Gasteiger partial charge in [0.25, 0.3) is 5.91 Å². The van der Waals surface area contributed by atoms with Crippen LogP contribution in [0.1, 0.15) is 23.2 Å². The van der Waals surface area contributed by atoms with Crippen molar-refractivity contribution in [2.75, 3.05) is 33.4 Å². The lowest BCUT2D eigenvalue weighted by atomic mass is 10.0. The Labute approximate surface area is 129 Å². The standard InChI is InChI=1S/C16H20N2O4/c1-21-14-4-2-12(3-5-14)15(19)17-8-6-13(7-9-17)18-10-11-22-16(18)20/h2-5,13H,6-11H2,1H3. The molecule has 6 nitrogen and oxygen atoms in total. The molecule has 0 N–H and O–H groups in total. The Morgan fingerprint density at radius 3 is 2.41 bits per heavy atom. The molecule has 0 aromatic heterocycles. The zero-order chi connectivity index (χ0) is 15.5. The SMILES string of the molecule is COc1ccc(C(=O)N2CCC(N3CCOC3=O)CC2)cc1. The molecular weight excluding hydrogens is 284 g/mol. The highest BCUT2D eigenvalue weighted by Crippen LogP contribution is 2.21. The number of benzene rings is 1. The molecule has 0 unspecified atom stereocenters. The van der Waals surface area contributed by atoms with E-state index in [-0.39, 0.29) is 18.0 Å². The van der Waals surface area contributed by atoms with Gasteiger partial charge in [-0.2, -0.15) is 0 Å². The number of ether oxygens (including phenoxy) is 2. The molecule has 6 heteroatoms. The van der Waals surface area contributed by atoms with Crippen LogP contribution in [0.3, 0.4) is 0 Å². The molecule has 3 rings (SSSR count). The van der Waals surface area contributed by atoms with E-state index in [0.29, 0.717) is 31.8 Å². The lowest BCUT2D eigenvalue weighted by Crippen LogP contribution is -2.47. The molecule has 1 aromatic rings. The normalized spacial score (nSPS) is 19.2. The quantitative estimate of drug-likeness (QED) is 0.853. The van der Waals surface area contributed by atoms with Crippen LogP contribution in [0.2, 0.25) is 0 Å². The minimum absolute atomic E-state index is 0.0325. The van der Waals surface area contributed by atoms with E-state index in [1.54, 1.807) is 36.3 Å². The number of carbonyl (C=O) groups is 2. The molecule has 2 heterocycles. The molecule has 118 valence electrons. The van der Waals surface area contributed by atoms with Gasteiger partial charge in [0.05, 0.1) is 13.7 Å². The maximum Gasteiger partial charge on any atom is 0.410 e. The fourth-order valence-electron chi connectivity index (χ4n) is 3.03. The number of piperidine rings is 1. The van der Waals surface area contributed by atoms with E-state index >= 15 is 0 Å². The molecule has 0 bridgehead atoms. The molecule has 2 aliphatic rings. The van der Waals surface area contributed by atoms with Gasteiger partial charge in [0.1, 0.15) is 12.4 Å². The van der Waals surface area contributed by atoms with Gasteiger partial charge in [-0.15, -0.1) is 0 Å². The molecular formula is C16H20N2O4. The van der Waals surface area contributed by atoms with Gasteiger partial charge in [0.15, 0.2) is 0 Å². The maximum absolute atomic E-state index is 12.5. The lowest BCUT2D eigenvalue weighted by Gasteiger charge is -2.35. The highest BCUT2D eigenvalue weighted by Gasteiger charge is 2.33. The number of rotatable bonds is 3. The number of likely N-dealkylation sites (tertiary alicyclic amines) is 1. The van der Waals surface area contributed by atoms with Crippen molar-refractivity contribution in [3.8, 4) is 5.75 Å². The summed E-state index contributed by atoms with van der Waals surface area (Å²) in [5.74, 6) is 0.771. The smallest absolute Gasteiger partial charge is 0.410 e. The van der Waals surface area contributed by atoms with E-state index in [2.05, 4.69) is 0 Å². The first-order valence-electron chi connectivity index (χ1n) is 7.56. The van der Waals surface area contributed by atoms with E-state index in [1.165, 1.54) is 0 Å². The van der Waals surface area contributed by atoms with Gasteiger partial charge in [-0.3, -0.25) is 4.79 Å². The minimum atomic E-state index is -0.222. The van der Waals surface area contributed by atoms with E-state index < -0.39 is 0 Å². The van der Waals surface area contributed by atoms with Crippen LogP contribution in [0.5, 0.6) is 5.75 Å². The molecule has 2 saturated heterocycles. The van der Waals surface area contributed by atoms with Crippen LogP contribution < -0.4 is 4.74 Å². The largest absolute Gasteiger partial charge is 0.497 e. The summed E-state index contributed by atoms with van der Waals surface area (Å²) >= 11 is 0. The summed E-state index contributed by atoms with van der Waals surface area (Å²) < 4.78 is 10.1. The lowest BCUT2D eigenvalue weighted by molar-refractivity contribution is 0.0658. The van der Waals surface area contributed by atoms with Gasteiger partial charge >= 0.3 is 6.09 Å². The fourth-order valence-corrected chi connectivity index (χ4v) is 3.03. The zero-order valence-electron chi connectivity index (χ0n) is 12.7. The molecule has 2 aliphatic heterocycles. The first kappa shape index (κ1) is 14.7. The van der Waals surface area contributed by atoms with Crippen molar-refractivity contribution in [3.05, 3.63) is 29.8 Å². The highest BCUT2D eigenvalue weighted by molar-refractivity contribution is 5.94. The first-order chi connectivity index (χ1) is 10.7. The monoisotopic (exact) mass is 304 g/mol. The van der Waals surface area contributed by atoms with Gasteiger partial charge in [0, 0.05) is 24.7 Å². The highest BCUT2D eigenvalue weighted by atomic mass is 16.6. The van der Waals surface area contributed by atoms with Crippen molar-refractivity contribution >= 4 is 12.0 Å². The van der Waals surface area contributed by atoms with Crippen LogP contribution in [0.4, 0.5) is 4.79 Å². The third kappa shape index (κ3) is 2.86. The molecule has 1 aromatic carbocycles. The Balaban J connectivity index is 1.58. The Kier molecular flexibility index (Phi) is 4.18. The molecule has 0 radical (unpaired) electrons. The summed E-state index contributed by atoms with van der Waals surface area (Å²) in [5.41, 5.74) is 0.667. The topological polar surface area (TPSA) is 59.1 Å². The van der Waals surface area contributed by atoms with Crippen molar-refractivity contribution in [3.63, 3.8) is 0 Å². The summed E-state index contributed by atoms with van der Waals surface area (Å²) in [6, 6.07) is 7.34. The number of amides is 2. The van der Waals surface area contributed by atoms with Crippen LogP contribution in [0.15, 0.2) is 24.3 Å². The minimum Gasteiger partial charge on any atom is -0.497 e. The van der Waals surface area contributed by atoms with Gasteiger partial charge in [-0.1, -0.05) is 0 Å². The second-order valence-electron chi connectivity index (χ2n) is 5.56. The molecule has 0 spiro atoms. The van der Waals surface area contributed by atoms with Crippen LogP contribution in [-0.4, -0.2) is 61.2 Å². The number of carbonyl (C=O) groups excluding carboxylic acids is 2. The summed E-state index contributed by atoms with van der Waals surface area (Å²) in [7, 11) is 1.60. The van der Waals surface area contributed by atoms with Crippen molar-refractivity contribution in [2.45, 2.75) is 18.9 Å². The third-order valence-corrected chi connectivity index (χ3v) is 4.32. The molecule has 2 fully saturated rings. The molecule has 0 atom stereocenters. The van der Waals surface area contributed by atoms with Crippen LogP contribution >= 0.6 is 0 Å². The number of methoxy groups -OCH3 is 1. The number of nitrogens with zero attached hydrogens (tertiary/aromatic N) is 2. The van der Waals surface area contributed by atoms with E-state index in [4.69, 9.17) is 9.47 Å². The second kappa shape index (κ2) is 6.25. The van der Waals surface area contributed by atoms with E-state index in [9.17, 15) is 9.59 Å². The zero-order valence-corrected chi connectivity index (χ0v) is 12.7.